The molecule has 2 rings (SSSR count). The lowest BCUT2D eigenvalue weighted by Crippen LogP contribution is -2.20. The zero-order chi connectivity index (χ0) is 13.0. The Bertz CT molecular complexity index is 373. The van der Waals surface area contributed by atoms with Gasteiger partial charge in [-0.15, -0.1) is 0 Å². The van der Waals surface area contributed by atoms with E-state index >= 15 is 0 Å². The Morgan fingerprint density at radius 1 is 1.33 bits per heavy atom. The number of hydrogen-bond donors (Lipinski definition) is 1. The fourth-order valence-electron chi connectivity index (χ4n) is 2.70. The highest BCUT2D eigenvalue weighted by Gasteiger charge is 2.48. The SMILES string of the molecule is CCCNCC1CC1(C)Cc1ccc(OC)cc1. The molecular weight excluding hydrogens is 222 g/mol. The van der Waals surface area contributed by atoms with Gasteiger partial charge in [0, 0.05) is 0 Å². The first-order valence-corrected chi connectivity index (χ1v) is 7.01. The van der Waals surface area contributed by atoms with Gasteiger partial charge in [-0.1, -0.05) is 26.0 Å². The van der Waals surface area contributed by atoms with Crippen molar-refractivity contribution in [1.29, 1.82) is 0 Å². The fraction of sp³-hybridized carbons (Fsp3) is 0.625. The fourth-order valence-corrected chi connectivity index (χ4v) is 2.70. The van der Waals surface area contributed by atoms with Crippen molar-refractivity contribution in [3.8, 4) is 5.75 Å². The van der Waals surface area contributed by atoms with Crippen LogP contribution < -0.4 is 10.1 Å². The van der Waals surface area contributed by atoms with Crippen LogP contribution in [-0.2, 0) is 6.42 Å². The van der Waals surface area contributed by atoms with E-state index in [1.54, 1.807) is 7.11 Å². The minimum atomic E-state index is 0.509. The highest BCUT2D eigenvalue weighted by atomic mass is 16.5. The largest absolute Gasteiger partial charge is 0.497 e. The Labute approximate surface area is 111 Å². The predicted molar refractivity (Wildman–Crippen MR) is 76.1 cm³/mol. The molecule has 1 N–H and O–H groups in total. The molecular formula is C16H25NO. The summed E-state index contributed by atoms with van der Waals surface area (Å²) in [6.07, 6.45) is 3.77. The normalized spacial score (nSPS) is 26.1. The lowest BCUT2D eigenvalue weighted by atomic mass is 9.96. The smallest absolute Gasteiger partial charge is 0.118 e. The molecule has 0 aliphatic heterocycles. The van der Waals surface area contributed by atoms with Gasteiger partial charge >= 0.3 is 0 Å². The zero-order valence-electron chi connectivity index (χ0n) is 11.8. The molecule has 100 valence electrons. The van der Waals surface area contributed by atoms with Gasteiger partial charge in [0.15, 0.2) is 0 Å². The second kappa shape index (κ2) is 5.75. The Hall–Kier alpha value is -1.02. The quantitative estimate of drug-likeness (QED) is 0.747. The first-order chi connectivity index (χ1) is 8.68. The van der Waals surface area contributed by atoms with Crippen LogP contribution in [0.3, 0.4) is 0 Å². The van der Waals surface area contributed by atoms with Crippen molar-refractivity contribution in [2.24, 2.45) is 11.3 Å². The lowest BCUT2D eigenvalue weighted by molar-refractivity contribution is 0.414. The summed E-state index contributed by atoms with van der Waals surface area (Å²) in [4.78, 5) is 0. The van der Waals surface area contributed by atoms with Crippen LogP contribution in [0.5, 0.6) is 5.75 Å². The van der Waals surface area contributed by atoms with Crippen LogP contribution in [-0.4, -0.2) is 20.2 Å². The van der Waals surface area contributed by atoms with E-state index in [2.05, 4.69) is 43.4 Å². The number of hydrogen-bond acceptors (Lipinski definition) is 2. The summed E-state index contributed by atoms with van der Waals surface area (Å²) in [5, 5.41) is 3.54. The maximum Gasteiger partial charge on any atom is 0.118 e. The molecule has 1 aliphatic carbocycles. The number of ether oxygens (including phenoxy) is 1. The molecule has 1 aliphatic rings. The maximum atomic E-state index is 5.19. The highest BCUT2D eigenvalue weighted by molar-refractivity contribution is 5.28. The molecule has 1 saturated carbocycles. The van der Waals surface area contributed by atoms with Gasteiger partial charge in [0.2, 0.25) is 0 Å². The zero-order valence-corrected chi connectivity index (χ0v) is 11.8. The van der Waals surface area contributed by atoms with Crippen molar-refractivity contribution in [1.82, 2.24) is 5.32 Å². The van der Waals surface area contributed by atoms with E-state index in [-0.39, 0.29) is 0 Å². The molecule has 1 fully saturated rings. The topological polar surface area (TPSA) is 21.3 Å². The van der Waals surface area contributed by atoms with Gasteiger partial charge in [0.05, 0.1) is 7.11 Å². The molecule has 1 aromatic rings. The molecule has 18 heavy (non-hydrogen) atoms. The molecule has 2 heteroatoms. The molecule has 0 radical (unpaired) electrons. The van der Waals surface area contributed by atoms with Crippen LogP contribution in [0.25, 0.3) is 0 Å². The van der Waals surface area contributed by atoms with Crippen LogP contribution in [0.1, 0.15) is 32.3 Å². The number of nitrogens with one attached hydrogen (secondary N) is 1. The lowest BCUT2D eigenvalue weighted by Gasteiger charge is -2.12. The van der Waals surface area contributed by atoms with Crippen molar-refractivity contribution >= 4 is 0 Å². The summed E-state index contributed by atoms with van der Waals surface area (Å²) in [7, 11) is 1.71. The first-order valence-electron chi connectivity index (χ1n) is 7.01. The third-order valence-corrected chi connectivity index (χ3v) is 4.12. The Morgan fingerprint density at radius 2 is 2.06 bits per heavy atom. The first kappa shape index (κ1) is 13.4. The van der Waals surface area contributed by atoms with E-state index in [4.69, 9.17) is 4.74 Å². The van der Waals surface area contributed by atoms with Gasteiger partial charge in [0.25, 0.3) is 0 Å². The van der Waals surface area contributed by atoms with E-state index in [9.17, 15) is 0 Å². The van der Waals surface area contributed by atoms with Gasteiger partial charge in [-0.2, -0.15) is 0 Å². The molecule has 0 saturated heterocycles. The van der Waals surface area contributed by atoms with Crippen LogP contribution in [0.2, 0.25) is 0 Å². The van der Waals surface area contributed by atoms with E-state index in [1.165, 1.54) is 31.4 Å². The average molecular weight is 247 g/mol. The molecule has 2 nitrogen and oxygen atoms in total. The Balaban J connectivity index is 1.82. The number of rotatable bonds is 7. The summed E-state index contributed by atoms with van der Waals surface area (Å²) in [6, 6.07) is 8.51. The molecule has 0 amide bonds. The van der Waals surface area contributed by atoms with Crippen LogP contribution in [0, 0.1) is 11.3 Å². The summed E-state index contributed by atoms with van der Waals surface area (Å²) in [6.45, 7) is 6.96. The highest BCUT2D eigenvalue weighted by Crippen LogP contribution is 2.53. The second-order valence-electron chi connectivity index (χ2n) is 5.78. The van der Waals surface area contributed by atoms with Gasteiger partial charge < -0.3 is 10.1 Å². The molecule has 2 unspecified atom stereocenters. The molecule has 1 aromatic carbocycles. The average Bonchev–Trinajstić information content (AvgIpc) is 3.01. The van der Waals surface area contributed by atoms with Gasteiger partial charge in [0.1, 0.15) is 5.75 Å². The minimum Gasteiger partial charge on any atom is -0.497 e. The van der Waals surface area contributed by atoms with Gasteiger partial charge in [-0.25, -0.2) is 0 Å². The van der Waals surface area contributed by atoms with Crippen molar-refractivity contribution in [3.63, 3.8) is 0 Å². The summed E-state index contributed by atoms with van der Waals surface area (Å²) >= 11 is 0. The standard InChI is InChI=1S/C16H25NO/c1-4-9-17-12-14-11-16(14,2)10-13-5-7-15(18-3)8-6-13/h5-8,14,17H,4,9-12H2,1-3H3. The van der Waals surface area contributed by atoms with Crippen molar-refractivity contribution < 1.29 is 4.74 Å². The molecule has 0 heterocycles. The van der Waals surface area contributed by atoms with Crippen molar-refractivity contribution in [3.05, 3.63) is 29.8 Å². The van der Waals surface area contributed by atoms with Crippen LogP contribution in [0.15, 0.2) is 24.3 Å². The van der Waals surface area contributed by atoms with E-state index < -0.39 is 0 Å². The van der Waals surface area contributed by atoms with E-state index in [0.717, 1.165) is 18.2 Å². The molecule has 0 aromatic heterocycles. The summed E-state index contributed by atoms with van der Waals surface area (Å²) in [5.74, 6) is 1.80. The second-order valence-corrected chi connectivity index (χ2v) is 5.78. The van der Waals surface area contributed by atoms with Crippen LogP contribution >= 0.6 is 0 Å². The monoisotopic (exact) mass is 247 g/mol. The van der Waals surface area contributed by atoms with Gasteiger partial charge in [-0.3, -0.25) is 0 Å². The van der Waals surface area contributed by atoms with Crippen molar-refractivity contribution in [2.75, 3.05) is 20.2 Å². The third kappa shape index (κ3) is 3.26. The minimum absolute atomic E-state index is 0.509. The molecule has 0 spiro atoms. The van der Waals surface area contributed by atoms with E-state index in [1.807, 2.05) is 0 Å². The van der Waals surface area contributed by atoms with Crippen molar-refractivity contribution in [2.45, 2.75) is 33.1 Å². The summed E-state index contributed by atoms with van der Waals surface area (Å²) in [5.41, 5.74) is 1.94. The molecule has 2 atom stereocenters. The third-order valence-electron chi connectivity index (χ3n) is 4.12. The molecule has 0 bridgehead atoms. The number of benzene rings is 1. The Morgan fingerprint density at radius 3 is 2.67 bits per heavy atom. The predicted octanol–water partition coefficient (Wildman–Crippen LogP) is 3.26. The van der Waals surface area contributed by atoms with Crippen LogP contribution in [0.4, 0.5) is 0 Å². The summed E-state index contributed by atoms with van der Waals surface area (Å²) < 4.78 is 5.19. The number of methoxy groups -OCH3 is 1. The Kier molecular flexibility index (Phi) is 4.28. The van der Waals surface area contributed by atoms with Gasteiger partial charge in [-0.05, 0) is 61.4 Å². The van der Waals surface area contributed by atoms with E-state index in [0.29, 0.717) is 5.41 Å². The maximum absolute atomic E-state index is 5.19.